The zero-order valence-electron chi connectivity index (χ0n) is 9.06. The third-order valence-corrected chi connectivity index (χ3v) is 2.52. The van der Waals surface area contributed by atoms with Crippen LogP contribution in [0.15, 0.2) is 42.5 Å². The molecule has 17 heavy (non-hydrogen) atoms. The van der Waals surface area contributed by atoms with Gasteiger partial charge >= 0.3 is 0 Å². The summed E-state index contributed by atoms with van der Waals surface area (Å²) in [7, 11) is 0. The highest BCUT2D eigenvalue weighted by atomic mass is 35.5. The van der Waals surface area contributed by atoms with E-state index < -0.39 is 0 Å². The van der Waals surface area contributed by atoms with Gasteiger partial charge in [-0.25, -0.2) is 0 Å². The maximum absolute atomic E-state index is 9.03. The first-order valence-corrected chi connectivity index (χ1v) is 5.49. The highest BCUT2D eigenvalue weighted by Gasteiger charge is 2.03. The lowest BCUT2D eigenvalue weighted by Gasteiger charge is -2.09. The average Bonchev–Trinajstić information content (AvgIpc) is 2.34. The SMILES string of the molecule is Nc1ccc(Cl)cc1Oc1cccc(CO)c1. The van der Waals surface area contributed by atoms with Gasteiger partial charge in [0.15, 0.2) is 5.75 Å². The first-order chi connectivity index (χ1) is 8.19. The van der Waals surface area contributed by atoms with Crippen molar-refractivity contribution in [3.05, 3.63) is 53.1 Å². The Bertz CT molecular complexity index is 529. The summed E-state index contributed by atoms with van der Waals surface area (Å²) in [6.45, 7) is -0.0256. The Balaban J connectivity index is 2.27. The number of benzene rings is 2. The second-order valence-electron chi connectivity index (χ2n) is 3.59. The summed E-state index contributed by atoms with van der Waals surface area (Å²) in [5, 5.41) is 9.59. The van der Waals surface area contributed by atoms with Gasteiger partial charge in [-0.1, -0.05) is 23.7 Å². The number of nitrogens with two attached hydrogens (primary N) is 1. The molecule has 2 aromatic carbocycles. The molecule has 0 unspecified atom stereocenters. The van der Waals surface area contributed by atoms with Gasteiger partial charge in [-0.05, 0) is 29.8 Å². The number of aliphatic hydroxyl groups excluding tert-OH is 1. The van der Waals surface area contributed by atoms with Gasteiger partial charge in [0.05, 0.1) is 12.3 Å². The molecule has 0 saturated heterocycles. The van der Waals surface area contributed by atoms with Crippen LogP contribution < -0.4 is 10.5 Å². The van der Waals surface area contributed by atoms with E-state index in [4.69, 9.17) is 27.2 Å². The maximum atomic E-state index is 9.03. The van der Waals surface area contributed by atoms with E-state index in [1.165, 1.54) is 0 Å². The van der Waals surface area contributed by atoms with E-state index in [2.05, 4.69) is 0 Å². The van der Waals surface area contributed by atoms with Gasteiger partial charge in [0.2, 0.25) is 0 Å². The van der Waals surface area contributed by atoms with Crippen LogP contribution in [0.1, 0.15) is 5.56 Å². The number of halogens is 1. The Labute approximate surface area is 104 Å². The van der Waals surface area contributed by atoms with Crippen molar-refractivity contribution in [3.8, 4) is 11.5 Å². The highest BCUT2D eigenvalue weighted by Crippen LogP contribution is 2.30. The van der Waals surface area contributed by atoms with Crippen molar-refractivity contribution in [2.75, 3.05) is 5.73 Å². The lowest BCUT2D eigenvalue weighted by molar-refractivity contribution is 0.281. The molecule has 0 radical (unpaired) electrons. The van der Waals surface area contributed by atoms with Crippen LogP contribution in [-0.2, 0) is 6.61 Å². The first-order valence-electron chi connectivity index (χ1n) is 5.12. The van der Waals surface area contributed by atoms with Crippen molar-refractivity contribution < 1.29 is 9.84 Å². The lowest BCUT2D eigenvalue weighted by atomic mass is 10.2. The topological polar surface area (TPSA) is 55.5 Å². The van der Waals surface area contributed by atoms with E-state index >= 15 is 0 Å². The number of ether oxygens (including phenoxy) is 1. The van der Waals surface area contributed by atoms with Gasteiger partial charge in [0, 0.05) is 11.1 Å². The molecule has 2 rings (SSSR count). The Morgan fingerprint density at radius 3 is 2.76 bits per heavy atom. The quantitative estimate of drug-likeness (QED) is 0.822. The molecule has 0 saturated carbocycles. The van der Waals surface area contributed by atoms with Gasteiger partial charge in [-0.3, -0.25) is 0 Å². The van der Waals surface area contributed by atoms with E-state index in [0.29, 0.717) is 22.2 Å². The monoisotopic (exact) mass is 249 g/mol. The van der Waals surface area contributed by atoms with Crippen molar-refractivity contribution in [2.45, 2.75) is 6.61 Å². The normalized spacial score (nSPS) is 10.2. The third kappa shape index (κ3) is 2.90. The molecule has 0 atom stereocenters. The van der Waals surface area contributed by atoms with Gasteiger partial charge in [-0.2, -0.15) is 0 Å². The van der Waals surface area contributed by atoms with Gasteiger partial charge in [0.25, 0.3) is 0 Å². The Morgan fingerprint density at radius 1 is 1.18 bits per heavy atom. The summed E-state index contributed by atoms with van der Waals surface area (Å²) in [6, 6.07) is 12.2. The summed E-state index contributed by atoms with van der Waals surface area (Å²) in [6.07, 6.45) is 0. The zero-order chi connectivity index (χ0) is 12.3. The molecule has 2 aromatic rings. The van der Waals surface area contributed by atoms with Gasteiger partial charge in [0.1, 0.15) is 5.75 Å². The molecule has 88 valence electrons. The Morgan fingerprint density at radius 2 is 2.00 bits per heavy atom. The van der Waals surface area contributed by atoms with Crippen LogP contribution in [0.2, 0.25) is 5.02 Å². The molecule has 0 aliphatic carbocycles. The van der Waals surface area contributed by atoms with Crippen molar-refractivity contribution in [2.24, 2.45) is 0 Å². The summed E-state index contributed by atoms with van der Waals surface area (Å²) >= 11 is 5.87. The van der Waals surface area contributed by atoms with E-state index in [1.807, 2.05) is 12.1 Å². The standard InChI is InChI=1S/C13H12ClNO2/c14-10-4-5-12(15)13(7-10)17-11-3-1-2-9(6-11)8-16/h1-7,16H,8,15H2. The Kier molecular flexibility index (Phi) is 3.52. The lowest BCUT2D eigenvalue weighted by Crippen LogP contribution is -1.92. The number of aliphatic hydroxyl groups is 1. The van der Waals surface area contributed by atoms with Crippen LogP contribution >= 0.6 is 11.6 Å². The van der Waals surface area contributed by atoms with E-state index in [9.17, 15) is 0 Å². The molecule has 3 N–H and O–H groups in total. The van der Waals surface area contributed by atoms with E-state index in [1.54, 1.807) is 30.3 Å². The average molecular weight is 250 g/mol. The minimum absolute atomic E-state index is 0.0256. The molecule has 0 aliphatic rings. The predicted octanol–water partition coefficient (Wildman–Crippen LogP) is 3.21. The number of nitrogen functional groups attached to an aromatic ring is 1. The van der Waals surface area contributed by atoms with Crippen molar-refractivity contribution in [3.63, 3.8) is 0 Å². The fourth-order valence-electron chi connectivity index (χ4n) is 1.43. The molecular weight excluding hydrogens is 238 g/mol. The summed E-state index contributed by atoms with van der Waals surface area (Å²) in [4.78, 5) is 0. The third-order valence-electron chi connectivity index (χ3n) is 2.28. The largest absolute Gasteiger partial charge is 0.455 e. The van der Waals surface area contributed by atoms with Crippen LogP contribution in [0.25, 0.3) is 0 Å². The van der Waals surface area contributed by atoms with Gasteiger partial charge in [-0.15, -0.1) is 0 Å². The van der Waals surface area contributed by atoms with E-state index in [0.717, 1.165) is 5.56 Å². The number of anilines is 1. The summed E-state index contributed by atoms with van der Waals surface area (Å²) in [5.74, 6) is 1.12. The molecule has 0 aromatic heterocycles. The van der Waals surface area contributed by atoms with Crippen molar-refractivity contribution in [1.29, 1.82) is 0 Å². The molecule has 0 aliphatic heterocycles. The van der Waals surface area contributed by atoms with Crippen LogP contribution in [0.3, 0.4) is 0 Å². The molecule has 4 heteroatoms. The van der Waals surface area contributed by atoms with Crippen LogP contribution in [0, 0.1) is 0 Å². The minimum atomic E-state index is -0.0256. The molecule has 3 nitrogen and oxygen atoms in total. The molecule has 0 spiro atoms. The smallest absolute Gasteiger partial charge is 0.151 e. The second-order valence-corrected chi connectivity index (χ2v) is 4.03. The number of hydrogen-bond acceptors (Lipinski definition) is 3. The van der Waals surface area contributed by atoms with E-state index in [-0.39, 0.29) is 6.61 Å². The van der Waals surface area contributed by atoms with Crippen molar-refractivity contribution in [1.82, 2.24) is 0 Å². The van der Waals surface area contributed by atoms with Crippen LogP contribution in [0.5, 0.6) is 11.5 Å². The summed E-state index contributed by atoms with van der Waals surface area (Å²) in [5.41, 5.74) is 7.07. The maximum Gasteiger partial charge on any atom is 0.151 e. The fraction of sp³-hybridized carbons (Fsp3) is 0.0769. The van der Waals surface area contributed by atoms with Crippen LogP contribution in [-0.4, -0.2) is 5.11 Å². The first kappa shape index (κ1) is 11.8. The fourth-order valence-corrected chi connectivity index (χ4v) is 1.59. The minimum Gasteiger partial charge on any atom is -0.455 e. The summed E-state index contributed by atoms with van der Waals surface area (Å²) < 4.78 is 5.61. The van der Waals surface area contributed by atoms with Crippen LogP contribution in [0.4, 0.5) is 5.69 Å². The Hall–Kier alpha value is -1.71. The molecule has 0 amide bonds. The van der Waals surface area contributed by atoms with Gasteiger partial charge < -0.3 is 15.6 Å². The highest BCUT2D eigenvalue weighted by molar-refractivity contribution is 6.30. The number of hydrogen-bond donors (Lipinski definition) is 2. The predicted molar refractivity (Wildman–Crippen MR) is 68.3 cm³/mol. The molecule has 0 bridgehead atoms. The molecule has 0 fully saturated rings. The molecular formula is C13H12ClNO2. The second kappa shape index (κ2) is 5.08. The van der Waals surface area contributed by atoms with Crippen molar-refractivity contribution >= 4 is 17.3 Å². The zero-order valence-corrected chi connectivity index (χ0v) is 9.82. The molecule has 0 heterocycles. The number of rotatable bonds is 3.